The van der Waals surface area contributed by atoms with Gasteiger partial charge < -0.3 is 4.74 Å². The summed E-state index contributed by atoms with van der Waals surface area (Å²) < 4.78 is 43.5. The van der Waals surface area contributed by atoms with Gasteiger partial charge in [-0.2, -0.15) is 18.3 Å². The SMILES string of the molecule is COC(=O)N1NNC(C(F)(F)F)C(c2ccccc2)N1. The lowest BCUT2D eigenvalue weighted by Crippen LogP contribution is -2.71. The van der Waals surface area contributed by atoms with Crippen molar-refractivity contribution < 1.29 is 22.7 Å². The van der Waals surface area contributed by atoms with Crippen LogP contribution in [0, 0.1) is 0 Å². The maximum Gasteiger partial charge on any atom is 0.440 e. The Kier molecular flexibility index (Phi) is 4.12. The second-order valence-electron chi connectivity index (χ2n) is 4.10. The zero-order valence-electron chi connectivity index (χ0n) is 10.4. The molecule has 1 aliphatic rings. The predicted octanol–water partition coefficient (Wildman–Crippen LogP) is 1.25. The van der Waals surface area contributed by atoms with Crippen molar-refractivity contribution in [3.8, 4) is 0 Å². The Bertz CT molecular complexity index is 468. The van der Waals surface area contributed by atoms with Crippen molar-refractivity contribution in [2.75, 3.05) is 7.11 Å². The van der Waals surface area contributed by atoms with E-state index in [1.807, 2.05) is 0 Å². The number of hydrogen-bond donors (Lipinski definition) is 3. The quantitative estimate of drug-likeness (QED) is 0.726. The Morgan fingerprint density at radius 2 is 1.95 bits per heavy atom. The van der Waals surface area contributed by atoms with Crippen molar-refractivity contribution >= 4 is 6.09 Å². The molecule has 2 unspecified atom stereocenters. The van der Waals surface area contributed by atoms with Gasteiger partial charge in [-0.3, -0.25) is 0 Å². The van der Waals surface area contributed by atoms with Crippen LogP contribution < -0.4 is 16.4 Å². The number of hydrogen-bond acceptors (Lipinski definition) is 5. The van der Waals surface area contributed by atoms with Gasteiger partial charge in [-0.05, 0) is 5.56 Å². The number of amides is 1. The molecule has 0 spiro atoms. The Morgan fingerprint density at radius 3 is 2.50 bits per heavy atom. The molecule has 110 valence electrons. The monoisotopic (exact) mass is 290 g/mol. The topological polar surface area (TPSA) is 65.6 Å². The molecule has 0 aromatic heterocycles. The number of carbonyl (C=O) groups is 1. The van der Waals surface area contributed by atoms with E-state index in [9.17, 15) is 18.0 Å². The van der Waals surface area contributed by atoms with Gasteiger partial charge in [0.2, 0.25) is 0 Å². The number of methoxy groups -OCH3 is 1. The number of benzene rings is 1. The van der Waals surface area contributed by atoms with E-state index in [0.29, 0.717) is 5.56 Å². The summed E-state index contributed by atoms with van der Waals surface area (Å²) in [5.41, 5.74) is 6.99. The van der Waals surface area contributed by atoms with Crippen LogP contribution in [0.2, 0.25) is 0 Å². The molecule has 0 saturated carbocycles. The second kappa shape index (κ2) is 5.65. The highest BCUT2D eigenvalue weighted by Crippen LogP contribution is 2.31. The zero-order valence-corrected chi connectivity index (χ0v) is 10.4. The van der Waals surface area contributed by atoms with Crippen LogP contribution in [0.3, 0.4) is 0 Å². The van der Waals surface area contributed by atoms with Gasteiger partial charge in [-0.1, -0.05) is 30.3 Å². The van der Waals surface area contributed by atoms with Gasteiger partial charge in [0.05, 0.1) is 13.2 Å². The van der Waals surface area contributed by atoms with Crippen molar-refractivity contribution in [2.45, 2.75) is 18.3 Å². The summed E-state index contributed by atoms with van der Waals surface area (Å²) in [6.07, 6.45) is -5.36. The van der Waals surface area contributed by atoms with E-state index in [4.69, 9.17) is 0 Å². The van der Waals surface area contributed by atoms with Gasteiger partial charge in [0.1, 0.15) is 6.04 Å². The lowest BCUT2D eigenvalue weighted by molar-refractivity contribution is -0.187. The average Bonchev–Trinajstić information content (AvgIpc) is 2.45. The number of nitrogens with one attached hydrogen (secondary N) is 3. The molecule has 9 heteroatoms. The van der Waals surface area contributed by atoms with Crippen molar-refractivity contribution in [3.63, 3.8) is 0 Å². The first-order valence-corrected chi connectivity index (χ1v) is 5.70. The van der Waals surface area contributed by atoms with Gasteiger partial charge >= 0.3 is 12.3 Å². The summed E-state index contributed by atoms with van der Waals surface area (Å²) in [7, 11) is 1.12. The van der Waals surface area contributed by atoms with Gasteiger partial charge in [0.25, 0.3) is 0 Å². The van der Waals surface area contributed by atoms with Gasteiger partial charge in [-0.15, -0.1) is 5.53 Å². The van der Waals surface area contributed by atoms with Crippen molar-refractivity contribution in [3.05, 3.63) is 35.9 Å². The molecule has 6 nitrogen and oxygen atoms in total. The maximum absolute atomic E-state index is 13.0. The number of hydrazine groups is 3. The summed E-state index contributed by atoms with van der Waals surface area (Å²) in [5, 5.41) is 0.722. The molecule has 1 heterocycles. The lowest BCUT2D eigenvalue weighted by atomic mass is 9.99. The normalized spacial score (nSPS) is 23.5. The summed E-state index contributed by atoms with van der Waals surface area (Å²) in [6.45, 7) is 0. The van der Waals surface area contributed by atoms with Crippen LogP contribution in [0.5, 0.6) is 0 Å². The first-order valence-electron chi connectivity index (χ1n) is 5.70. The predicted molar refractivity (Wildman–Crippen MR) is 62.7 cm³/mol. The van der Waals surface area contributed by atoms with E-state index in [0.717, 1.165) is 12.2 Å². The fourth-order valence-electron chi connectivity index (χ4n) is 1.85. The molecule has 3 N–H and O–H groups in total. The largest absolute Gasteiger partial charge is 0.451 e. The summed E-state index contributed by atoms with van der Waals surface area (Å²) in [4.78, 5) is 11.4. The minimum absolute atomic E-state index is 0.387. The Hall–Kier alpha value is -1.84. The molecule has 2 rings (SSSR count). The average molecular weight is 290 g/mol. The maximum atomic E-state index is 13.0. The minimum atomic E-state index is -4.50. The zero-order chi connectivity index (χ0) is 14.8. The molecule has 1 amide bonds. The molecular formula is C11H13F3N4O2. The van der Waals surface area contributed by atoms with Crippen LogP contribution in [-0.4, -0.2) is 30.5 Å². The first kappa shape index (κ1) is 14.6. The summed E-state index contributed by atoms with van der Waals surface area (Å²) >= 11 is 0. The third kappa shape index (κ3) is 3.00. The van der Waals surface area contributed by atoms with Crippen molar-refractivity contribution in [2.24, 2.45) is 0 Å². The molecule has 1 aromatic carbocycles. The molecular weight excluding hydrogens is 277 g/mol. The van der Waals surface area contributed by atoms with Crippen LogP contribution in [0.4, 0.5) is 18.0 Å². The van der Waals surface area contributed by atoms with Crippen LogP contribution in [0.15, 0.2) is 30.3 Å². The number of ether oxygens (including phenoxy) is 1. The summed E-state index contributed by atoms with van der Waals surface area (Å²) in [5.74, 6) is 0. The van der Waals surface area contributed by atoms with Gasteiger partial charge in [0.15, 0.2) is 0 Å². The van der Waals surface area contributed by atoms with E-state index in [2.05, 4.69) is 21.1 Å². The van der Waals surface area contributed by atoms with Crippen LogP contribution in [0.25, 0.3) is 0 Å². The van der Waals surface area contributed by atoms with Crippen molar-refractivity contribution in [1.82, 2.24) is 21.5 Å². The van der Waals surface area contributed by atoms with Gasteiger partial charge in [0, 0.05) is 0 Å². The molecule has 1 fully saturated rings. The third-order valence-electron chi connectivity index (χ3n) is 2.80. The molecule has 1 aromatic rings. The first-order chi connectivity index (χ1) is 9.43. The Balaban J connectivity index is 2.26. The van der Waals surface area contributed by atoms with Crippen LogP contribution >= 0.6 is 0 Å². The van der Waals surface area contributed by atoms with E-state index in [1.165, 1.54) is 0 Å². The van der Waals surface area contributed by atoms with E-state index in [-0.39, 0.29) is 0 Å². The number of halogens is 3. The Labute approximate surface area is 112 Å². The van der Waals surface area contributed by atoms with E-state index < -0.39 is 24.4 Å². The molecule has 0 bridgehead atoms. The van der Waals surface area contributed by atoms with Crippen LogP contribution in [0.1, 0.15) is 11.6 Å². The standard InChI is InChI=1S/C11H13F3N4O2/c1-20-10(19)18-16-8(7-5-3-2-4-6-7)9(15-17-18)11(12,13)14/h2-6,8-9,15-17H,1H3. The Morgan fingerprint density at radius 1 is 1.30 bits per heavy atom. The highest BCUT2D eigenvalue weighted by atomic mass is 19.4. The molecule has 1 saturated heterocycles. The molecule has 2 atom stereocenters. The number of alkyl halides is 3. The van der Waals surface area contributed by atoms with E-state index >= 15 is 0 Å². The molecule has 0 aliphatic carbocycles. The minimum Gasteiger partial charge on any atom is -0.451 e. The lowest BCUT2D eigenvalue weighted by Gasteiger charge is -2.40. The second-order valence-corrected chi connectivity index (χ2v) is 4.10. The third-order valence-corrected chi connectivity index (χ3v) is 2.80. The fourth-order valence-corrected chi connectivity index (χ4v) is 1.85. The molecule has 0 radical (unpaired) electrons. The molecule has 1 aliphatic heterocycles. The van der Waals surface area contributed by atoms with Gasteiger partial charge in [-0.25, -0.2) is 15.6 Å². The van der Waals surface area contributed by atoms with Crippen LogP contribution in [-0.2, 0) is 4.74 Å². The highest BCUT2D eigenvalue weighted by molar-refractivity contribution is 5.66. The summed E-state index contributed by atoms with van der Waals surface area (Å²) in [6, 6.07) is 4.95. The van der Waals surface area contributed by atoms with E-state index in [1.54, 1.807) is 30.3 Å². The van der Waals surface area contributed by atoms with Crippen molar-refractivity contribution in [1.29, 1.82) is 0 Å². The molecule has 20 heavy (non-hydrogen) atoms. The number of carbonyl (C=O) groups excluding carboxylic acids is 1. The fraction of sp³-hybridized carbons (Fsp3) is 0.364. The number of rotatable bonds is 1. The number of nitrogens with zero attached hydrogens (tertiary/aromatic N) is 1. The highest BCUT2D eigenvalue weighted by Gasteiger charge is 2.48. The smallest absolute Gasteiger partial charge is 0.440 e.